The van der Waals surface area contributed by atoms with Gasteiger partial charge in [-0.15, -0.1) is 12.4 Å². The fourth-order valence-electron chi connectivity index (χ4n) is 3.86. The lowest BCUT2D eigenvalue weighted by molar-refractivity contribution is 0.00161. The molecule has 1 saturated carbocycles. The summed E-state index contributed by atoms with van der Waals surface area (Å²) < 4.78 is 19.7. The second-order valence-electron chi connectivity index (χ2n) is 7.31. The van der Waals surface area contributed by atoms with Crippen molar-refractivity contribution in [3.8, 4) is 0 Å². The van der Waals surface area contributed by atoms with Crippen molar-refractivity contribution in [2.45, 2.75) is 50.9 Å². The van der Waals surface area contributed by atoms with E-state index in [1.165, 1.54) is 30.0 Å². The van der Waals surface area contributed by atoms with Gasteiger partial charge in [-0.2, -0.15) is 0 Å². The van der Waals surface area contributed by atoms with Crippen LogP contribution in [0.25, 0.3) is 0 Å². The van der Waals surface area contributed by atoms with Crippen molar-refractivity contribution in [1.29, 1.82) is 0 Å². The van der Waals surface area contributed by atoms with E-state index in [-0.39, 0.29) is 24.3 Å². The fourth-order valence-corrected chi connectivity index (χ4v) is 3.86. The molecule has 1 aliphatic rings. The lowest BCUT2D eigenvalue weighted by Gasteiger charge is -2.33. The van der Waals surface area contributed by atoms with Gasteiger partial charge in [0, 0.05) is 12.5 Å². The van der Waals surface area contributed by atoms with Crippen LogP contribution < -0.4 is 0 Å². The maximum Gasteiger partial charge on any atom is 0.123 e. The van der Waals surface area contributed by atoms with Crippen molar-refractivity contribution in [3.63, 3.8) is 0 Å². The van der Waals surface area contributed by atoms with Gasteiger partial charge in [0.05, 0.1) is 12.7 Å². The van der Waals surface area contributed by atoms with E-state index in [1.54, 1.807) is 12.1 Å². The summed E-state index contributed by atoms with van der Waals surface area (Å²) in [6.07, 6.45) is 4.91. The zero-order valence-corrected chi connectivity index (χ0v) is 16.5. The van der Waals surface area contributed by atoms with Crippen molar-refractivity contribution in [3.05, 3.63) is 71.0 Å². The molecule has 0 saturated heterocycles. The Morgan fingerprint density at radius 2 is 1.81 bits per heavy atom. The molecule has 0 radical (unpaired) electrons. The minimum absolute atomic E-state index is 0. The van der Waals surface area contributed by atoms with E-state index < -0.39 is 0 Å². The van der Waals surface area contributed by atoms with Crippen molar-refractivity contribution in [1.82, 2.24) is 4.90 Å². The number of halogens is 2. The molecule has 0 bridgehead atoms. The summed E-state index contributed by atoms with van der Waals surface area (Å²) in [5, 5.41) is 0. The molecule has 2 atom stereocenters. The Bertz CT molecular complexity index is 691. The van der Waals surface area contributed by atoms with Gasteiger partial charge in [-0.05, 0) is 55.8 Å². The highest BCUT2D eigenvalue weighted by molar-refractivity contribution is 5.85. The SMILES string of the molecule is CN(C)Cc1ccccc1C1CCCCC1OCc1cccc(F)c1.Cl. The molecule has 0 heterocycles. The molecule has 4 heteroatoms. The first-order chi connectivity index (χ1) is 12.1. The summed E-state index contributed by atoms with van der Waals surface area (Å²) in [6, 6.07) is 15.5. The smallest absolute Gasteiger partial charge is 0.123 e. The first kappa shape index (κ1) is 20.9. The number of ether oxygens (including phenoxy) is 1. The third kappa shape index (κ3) is 5.54. The molecule has 2 aromatic carbocycles. The number of rotatable bonds is 6. The van der Waals surface area contributed by atoms with E-state index in [2.05, 4.69) is 43.3 Å². The van der Waals surface area contributed by atoms with E-state index in [4.69, 9.17) is 4.74 Å². The second-order valence-corrected chi connectivity index (χ2v) is 7.31. The predicted molar refractivity (Wildman–Crippen MR) is 107 cm³/mol. The highest BCUT2D eigenvalue weighted by atomic mass is 35.5. The zero-order valence-electron chi connectivity index (χ0n) is 15.7. The topological polar surface area (TPSA) is 12.5 Å². The Labute approximate surface area is 162 Å². The van der Waals surface area contributed by atoms with Gasteiger partial charge < -0.3 is 9.64 Å². The Kier molecular flexibility index (Phi) is 8.08. The van der Waals surface area contributed by atoms with Gasteiger partial charge in [0.2, 0.25) is 0 Å². The predicted octanol–water partition coefficient (Wildman–Crippen LogP) is 5.55. The van der Waals surface area contributed by atoms with Gasteiger partial charge in [0.1, 0.15) is 5.82 Å². The molecule has 0 aliphatic heterocycles. The lowest BCUT2D eigenvalue weighted by Crippen LogP contribution is -2.27. The van der Waals surface area contributed by atoms with E-state index >= 15 is 0 Å². The highest BCUT2D eigenvalue weighted by Gasteiger charge is 2.28. The standard InChI is InChI=1S/C22H28FNO.ClH/c1-24(2)15-18-9-3-4-11-20(18)21-12-5-6-13-22(21)25-16-17-8-7-10-19(23)14-17;/h3-4,7-11,14,21-22H,5-6,12-13,15-16H2,1-2H3;1H. The average Bonchev–Trinajstić information content (AvgIpc) is 2.60. The van der Waals surface area contributed by atoms with E-state index in [0.717, 1.165) is 24.9 Å². The summed E-state index contributed by atoms with van der Waals surface area (Å²) >= 11 is 0. The van der Waals surface area contributed by atoms with E-state index in [9.17, 15) is 4.39 Å². The number of hydrogen-bond acceptors (Lipinski definition) is 2. The summed E-state index contributed by atoms with van der Waals surface area (Å²) in [4.78, 5) is 2.21. The molecule has 142 valence electrons. The third-order valence-electron chi connectivity index (χ3n) is 5.00. The molecule has 26 heavy (non-hydrogen) atoms. The van der Waals surface area contributed by atoms with Gasteiger partial charge in [-0.1, -0.05) is 49.2 Å². The highest BCUT2D eigenvalue weighted by Crippen LogP contribution is 2.37. The average molecular weight is 378 g/mol. The van der Waals surface area contributed by atoms with Crippen LogP contribution in [0.1, 0.15) is 48.3 Å². The second kappa shape index (κ2) is 10.1. The maximum atomic E-state index is 13.4. The molecule has 0 aromatic heterocycles. The van der Waals surface area contributed by atoms with Crippen LogP contribution in [0, 0.1) is 5.82 Å². The van der Waals surface area contributed by atoms with Crippen molar-refractivity contribution >= 4 is 12.4 Å². The molecule has 0 N–H and O–H groups in total. The largest absolute Gasteiger partial charge is 0.373 e. The fraction of sp³-hybridized carbons (Fsp3) is 0.455. The van der Waals surface area contributed by atoms with Crippen molar-refractivity contribution in [2.24, 2.45) is 0 Å². The van der Waals surface area contributed by atoms with Crippen molar-refractivity contribution < 1.29 is 9.13 Å². The molecule has 0 amide bonds. The number of hydrogen-bond donors (Lipinski definition) is 0. The van der Waals surface area contributed by atoms with Crippen LogP contribution in [0.2, 0.25) is 0 Å². The van der Waals surface area contributed by atoms with E-state index in [1.807, 2.05) is 6.07 Å². The van der Waals surface area contributed by atoms with Crippen LogP contribution in [0.3, 0.4) is 0 Å². The molecule has 1 aliphatic carbocycles. The van der Waals surface area contributed by atoms with Gasteiger partial charge in [-0.25, -0.2) is 4.39 Å². The van der Waals surface area contributed by atoms with E-state index in [0.29, 0.717) is 12.5 Å². The molecule has 2 aromatic rings. The molecule has 1 fully saturated rings. The number of benzene rings is 2. The third-order valence-corrected chi connectivity index (χ3v) is 5.00. The van der Waals surface area contributed by atoms with Crippen LogP contribution in [0.5, 0.6) is 0 Å². The monoisotopic (exact) mass is 377 g/mol. The molecular weight excluding hydrogens is 349 g/mol. The molecule has 2 nitrogen and oxygen atoms in total. The summed E-state index contributed by atoms with van der Waals surface area (Å²) in [5.41, 5.74) is 3.71. The quantitative estimate of drug-likeness (QED) is 0.654. The van der Waals surface area contributed by atoms with Crippen LogP contribution in [-0.4, -0.2) is 25.1 Å². The summed E-state index contributed by atoms with van der Waals surface area (Å²) in [5.74, 6) is 0.232. The van der Waals surface area contributed by atoms with Crippen LogP contribution in [0.15, 0.2) is 48.5 Å². The zero-order chi connectivity index (χ0) is 17.6. The lowest BCUT2D eigenvalue weighted by atomic mass is 9.79. The maximum absolute atomic E-state index is 13.4. The van der Waals surface area contributed by atoms with Crippen LogP contribution in [-0.2, 0) is 17.9 Å². The Morgan fingerprint density at radius 1 is 1.04 bits per heavy atom. The first-order valence-corrected chi connectivity index (χ1v) is 9.22. The minimum Gasteiger partial charge on any atom is -0.373 e. The van der Waals surface area contributed by atoms with Gasteiger partial charge in [0.15, 0.2) is 0 Å². The van der Waals surface area contributed by atoms with Gasteiger partial charge >= 0.3 is 0 Å². The molecular formula is C22H29ClFNO. The summed E-state index contributed by atoms with van der Waals surface area (Å²) in [6.45, 7) is 1.43. The minimum atomic E-state index is -0.197. The Morgan fingerprint density at radius 3 is 2.58 bits per heavy atom. The van der Waals surface area contributed by atoms with Crippen LogP contribution in [0.4, 0.5) is 4.39 Å². The van der Waals surface area contributed by atoms with Crippen LogP contribution >= 0.6 is 12.4 Å². The Hall–Kier alpha value is -1.42. The molecule has 3 rings (SSSR count). The summed E-state index contributed by atoms with van der Waals surface area (Å²) in [7, 11) is 4.21. The Balaban J connectivity index is 0.00000243. The first-order valence-electron chi connectivity index (χ1n) is 9.22. The molecule has 0 spiro atoms. The van der Waals surface area contributed by atoms with Gasteiger partial charge in [-0.3, -0.25) is 0 Å². The normalized spacial score (nSPS) is 20.0. The van der Waals surface area contributed by atoms with Crippen molar-refractivity contribution in [2.75, 3.05) is 14.1 Å². The number of nitrogens with zero attached hydrogens (tertiary/aromatic N) is 1. The van der Waals surface area contributed by atoms with Gasteiger partial charge in [0.25, 0.3) is 0 Å². The molecule has 2 unspecified atom stereocenters.